The summed E-state index contributed by atoms with van der Waals surface area (Å²) >= 11 is 0. The van der Waals surface area contributed by atoms with Gasteiger partial charge in [0.25, 0.3) is 0 Å². The second kappa shape index (κ2) is 3.78. The fourth-order valence-electron chi connectivity index (χ4n) is 1.92. The molecule has 1 heterocycles. The smallest absolute Gasteiger partial charge is 0.0568 e. The van der Waals surface area contributed by atoms with Crippen molar-refractivity contribution in [1.82, 2.24) is 9.78 Å². The highest BCUT2D eigenvalue weighted by atomic mass is 15.3. The van der Waals surface area contributed by atoms with E-state index in [0.29, 0.717) is 0 Å². The van der Waals surface area contributed by atoms with Crippen molar-refractivity contribution in [2.45, 2.75) is 26.3 Å². The number of benzene rings is 1. The van der Waals surface area contributed by atoms with Gasteiger partial charge in [-0.05, 0) is 31.2 Å². The fraction of sp³-hybridized carbons (Fsp3) is 0.357. The van der Waals surface area contributed by atoms with E-state index in [1.165, 1.54) is 29.5 Å². The highest BCUT2D eigenvalue weighted by molar-refractivity contribution is 5.61. The first-order chi connectivity index (χ1) is 7.81. The van der Waals surface area contributed by atoms with Crippen LogP contribution in [0.1, 0.15) is 18.4 Å². The van der Waals surface area contributed by atoms with Crippen LogP contribution in [0.25, 0.3) is 11.1 Å². The van der Waals surface area contributed by atoms with E-state index >= 15 is 0 Å². The van der Waals surface area contributed by atoms with E-state index in [1.807, 2.05) is 6.20 Å². The number of nitrogens with zero attached hydrogens (tertiary/aromatic N) is 2. The normalized spacial score (nSPS) is 15.3. The monoisotopic (exact) mass is 212 g/mol. The summed E-state index contributed by atoms with van der Waals surface area (Å²) < 4.78 is 2.08. The summed E-state index contributed by atoms with van der Waals surface area (Å²) in [5.74, 6) is 0.880. The van der Waals surface area contributed by atoms with Crippen LogP contribution >= 0.6 is 0 Å². The summed E-state index contributed by atoms with van der Waals surface area (Å²) in [7, 11) is 0. The Labute approximate surface area is 95.9 Å². The van der Waals surface area contributed by atoms with E-state index in [0.717, 1.165) is 12.5 Å². The number of hydrogen-bond donors (Lipinski definition) is 0. The Hall–Kier alpha value is -1.57. The minimum Gasteiger partial charge on any atom is -0.272 e. The van der Waals surface area contributed by atoms with Gasteiger partial charge >= 0.3 is 0 Å². The van der Waals surface area contributed by atoms with Crippen molar-refractivity contribution in [2.75, 3.05) is 0 Å². The summed E-state index contributed by atoms with van der Waals surface area (Å²) in [5.41, 5.74) is 3.78. The first-order valence-corrected chi connectivity index (χ1v) is 5.91. The van der Waals surface area contributed by atoms with Crippen LogP contribution in [-0.2, 0) is 6.54 Å². The molecule has 0 bridgehead atoms. The molecule has 2 heteroatoms. The van der Waals surface area contributed by atoms with E-state index in [-0.39, 0.29) is 0 Å². The number of hydrogen-bond acceptors (Lipinski definition) is 1. The maximum atomic E-state index is 4.41. The summed E-state index contributed by atoms with van der Waals surface area (Å²) in [5, 5.41) is 4.41. The molecule has 0 radical (unpaired) electrons. The molecule has 0 spiro atoms. The van der Waals surface area contributed by atoms with Crippen molar-refractivity contribution in [3.8, 4) is 11.1 Å². The molecule has 3 rings (SSSR count). The highest BCUT2D eigenvalue weighted by Crippen LogP contribution is 2.30. The largest absolute Gasteiger partial charge is 0.272 e. The Morgan fingerprint density at radius 3 is 2.62 bits per heavy atom. The van der Waals surface area contributed by atoms with Crippen molar-refractivity contribution in [2.24, 2.45) is 5.92 Å². The SMILES string of the molecule is Cc1ccc(-c2cnn(CC3CC3)c2)cc1. The van der Waals surface area contributed by atoms with Crippen LogP contribution in [0, 0.1) is 12.8 Å². The summed E-state index contributed by atoms with van der Waals surface area (Å²) in [6.45, 7) is 3.20. The lowest BCUT2D eigenvalue weighted by Crippen LogP contribution is -1.98. The molecule has 0 aliphatic heterocycles. The van der Waals surface area contributed by atoms with Crippen LogP contribution in [0.2, 0.25) is 0 Å². The van der Waals surface area contributed by atoms with Crippen LogP contribution in [-0.4, -0.2) is 9.78 Å². The first-order valence-electron chi connectivity index (χ1n) is 5.91. The van der Waals surface area contributed by atoms with Gasteiger partial charge < -0.3 is 0 Å². The molecule has 1 fully saturated rings. The van der Waals surface area contributed by atoms with Gasteiger partial charge in [-0.25, -0.2) is 0 Å². The van der Waals surface area contributed by atoms with Crippen molar-refractivity contribution in [1.29, 1.82) is 0 Å². The molecular formula is C14H16N2. The Morgan fingerprint density at radius 2 is 1.94 bits per heavy atom. The minimum absolute atomic E-state index is 0.880. The topological polar surface area (TPSA) is 17.8 Å². The lowest BCUT2D eigenvalue weighted by molar-refractivity contribution is 0.563. The average molecular weight is 212 g/mol. The number of aryl methyl sites for hydroxylation is 1. The van der Waals surface area contributed by atoms with E-state index in [4.69, 9.17) is 0 Å². The lowest BCUT2D eigenvalue weighted by atomic mass is 10.1. The molecule has 0 atom stereocenters. The second-order valence-electron chi connectivity index (χ2n) is 4.76. The molecule has 1 aromatic heterocycles. The van der Waals surface area contributed by atoms with E-state index in [9.17, 15) is 0 Å². The maximum Gasteiger partial charge on any atom is 0.0568 e. The zero-order valence-electron chi connectivity index (χ0n) is 9.56. The van der Waals surface area contributed by atoms with Gasteiger partial charge in [-0.15, -0.1) is 0 Å². The molecule has 1 aliphatic carbocycles. The second-order valence-corrected chi connectivity index (χ2v) is 4.76. The Bertz CT molecular complexity index is 478. The Balaban J connectivity index is 1.82. The quantitative estimate of drug-likeness (QED) is 0.763. The van der Waals surface area contributed by atoms with E-state index < -0.39 is 0 Å². The molecular weight excluding hydrogens is 196 g/mol. The fourth-order valence-corrected chi connectivity index (χ4v) is 1.92. The van der Waals surface area contributed by atoms with Crippen molar-refractivity contribution >= 4 is 0 Å². The molecule has 0 saturated heterocycles. The molecule has 0 unspecified atom stereocenters. The van der Waals surface area contributed by atoms with Crippen molar-refractivity contribution in [3.05, 3.63) is 42.2 Å². The third-order valence-electron chi connectivity index (χ3n) is 3.16. The third-order valence-corrected chi connectivity index (χ3v) is 3.16. The van der Waals surface area contributed by atoms with Crippen molar-refractivity contribution < 1.29 is 0 Å². The summed E-state index contributed by atoms with van der Waals surface area (Å²) in [6.07, 6.45) is 6.87. The van der Waals surface area contributed by atoms with Gasteiger partial charge in [-0.1, -0.05) is 29.8 Å². The standard InChI is InChI=1S/C14H16N2/c1-11-2-6-13(7-3-11)14-8-15-16(10-14)9-12-4-5-12/h2-3,6-8,10,12H,4-5,9H2,1H3. The summed E-state index contributed by atoms with van der Waals surface area (Å²) in [6, 6.07) is 8.61. The van der Waals surface area contributed by atoms with Gasteiger partial charge in [0.05, 0.1) is 6.20 Å². The van der Waals surface area contributed by atoms with Crippen LogP contribution in [0.4, 0.5) is 0 Å². The number of aromatic nitrogens is 2. The minimum atomic E-state index is 0.880. The molecule has 2 nitrogen and oxygen atoms in total. The van der Waals surface area contributed by atoms with Crippen LogP contribution in [0.5, 0.6) is 0 Å². The predicted octanol–water partition coefficient (Wildman–Crippen LogP) is 3.27. The highest BCUT2D eigenvalue weighted by Gasteiger charge is 2.21. The Kier molecular flexibility index (Phi) is 2.28. The maximum absolute atomic E-state index is 4.41. The molecule has 1 aromatic carbocycles. The molecule has 1 aliphatic rings. The molecule has 0 N–H and O–H groups in total. The molecule has 1 saturated carbocycles. The first kappa shape index (κ1) is 9.64. The van der Waals surface area contributed by atoms with Gasteiger partial charge in [0.2, 0.25) is 0 Å². The molecule has 0 amide bonds. The molecule has 16 heavy (non-hydrogen) atoms. The van der Waals surface area contributed by atoms with Crippen LogP contribution < -0.4 is 0 Å². The molecule has 2 aromatic rings. The van der Waals surface area contributed by atoms with Gasteiger partial charge in [-0.2, -0.15) is 5.10 Å². The van der Waals surface area contributed by atoms with Crippen LogP contribution in [0.15, 0.2) is 36.7 Å². The van der Waals surface area contributed by atoms with Gasteiger partial charge in [0.15, 0.2) is 0 Å². The van der Waals surface area contributed by atoms with Gasteiger partial charge in [0.1, 0.15) is 0 Å². The van der Waals surface area contributed by atoms with E-state index in [2.05, 4.69) is 47.2 Å². The average Bonchev–Trinajstić information content (AvgIpc) is 2.97. The predicted molar refractivity (Wildman–Crippen MR) is 65.1 cm³/mol. The molecule has 82 valence electrons. The van der Waals surface area contributed by atoms with Crippen LogP contribution in [0.3, 0.4) is 0 Å². The lowest BCUT2D eigenvalue weighted by Gasteiger charge is -1.98. The number of rotatable bonds is 3. The third kappa shape index (κ3) is 2.01. The summed E-state index contributed by atoms with van der Waals surface area (Å²) in [4.78, 5) is 0. The van der Waals surface area contributed by atoms with E-state index in [1.54, 1.807) is 0 Å². The zero-order chi connectivity index (χ0) is 11.0. The van der Waals surface area contributed by atoms with Gasteiger partial charge in [-0.3, -0.25) is 4.68 Å². The zero-order valence-corrected chi connectivity index (χ0v) is 9.56. The van der Waals surface area contributed by atoms with Gasteiger partial charge in [0, 0.05) is 18.3 Å². The van der Waals surface area contributed by atoms with Crippen molar-refractivity contribution in [3.63, 3.8) is 0 Å². The Morgan fingerprint density at radius 1 is 1.19 bits per heavy atom.